The molecule has 1 aliphatic rings. The van der Waals surface area contributed by atoms with Crippen molar-refractivity contribution in [2.45, 2.75) is 13.1 Å². The number of carbonyl (C=O) groups is 1. The van der Waals surface area contributed by atoms with Gasteiger partial charge in [-0.1, -0.05) is 12.1 Å². The molecule has 3 heterocycles. The minimum atomic E-state index is -0.516. The van der Waals surface area contributed by atoms with E-state index in [1.165, 1.54) is 17.1 Å². The highest BCUT2D eigenvalue weighted by atomic mass is 16.6. The molecule has 156 valence electrons. The van der Waals surface area contributed by atoms with Crippen LogP contribution in [0.3, 0.4) is 0 Å². The molecule has 30 heavy (non-hydrogen) atoms. The van der Waals surface area contributed by atoms with Crippen LogP contribution in [0.4, 0.5) is 11.4 Å². The zero-order valence-corrected chi connectivity index (χ0v) is 16.2. The molecule has 0 unspecified atom stereocenters. The van der Waals surface area contributed by atoms with Gasteiger partial charge in [-0.3, -0.25) is 24.5 Å². The SMILES string of the molecule is O=C(Nc1cccc(CN2CCOCC2)c1)c1ccc(Cn2cc([N+](=O)[O-])cn2)o1. The maximum Gasteiger partial charge on any atom is 0.307 e. The number of carbonyl (C=O) groups excluding carboxylic acids is 1. The first-order chi connectivity index (χ1) is 14.6. The zero-order valence-electron chi connectivity index (χ0n) is 16.2. The van der Waals surface area contributed by atoms with E-state index in [4.69, 9.17) is 9.15 Å². The van der Waals surface area contributed by atoms with E-state index in [1.54, 1.807) is 12.1 Å². The number of nitro groups is 1. The lowest BCUT2D eigenvalue weighted by atomic mass is 10.2. The Morgan fingerprint density at radius 3 is 2.80 bits per heavy atom. The van der Waals surface area contributed by atoms with Crippen molar-refractivity contribution in [1.82, 2.24) is 14.7 Å². The highest BCUT2D eigenvalue weighted by Gasteiger charge is 2.15. The van der Waals surface area contributed by atoms with Crippen LogP contribution in [-0.2, 0) is 17.8 Å². The highest BCUT2D eigenvalue weighted by Crippen LogP contribution is 2.17. The van der Waals surface area contributed by atoms with Crippen molar-refractivity contribution in [3.63, 3.8) is 0 Å². The average Bonchev–Trinajstić information content (AvgIpc) is 3.39. The summed E-state index contributed by atoms with van der Waals surface area (Å²) in [5.41, 5.74) is 1.69. The van der Waals surface area contributed by atoms with Crippen LogP contribution < -0.4 is 5.32 Å². The molecule has 1 aliphatic heterocycles. The number of hydrogen-bond acceptors (Lipinski definition) is 7. The standard InChI is InChI=1S/C20H21N5O5/c26-20(19-5-4-18(30-19)14-24-13-17(11-21-24)25(27)28)22-16-3-1-2-15(10-16)12-23-6-8-29-9-7-23/h1-5,10-11,13H,6-9,12,14H2,(H,22,26). The molecule has 2 aromatic heterocycles. The van der Waals surface area contributed by atoms with Crippen molar-refractivity contribution >= 4 is 17.3 Å². The summed E-state index contributed by atoms with van der Waals surface area (Å²) in [5.74, 6) is 0.265. The number of aromatic nitrogens is 2. The van der Waals surface area contributed by atoms with Crippen molar-refractivity contribution in [3.8, 4) is 0 Å². The van der Waals surface area contributed by atoms with Crippen LogP contribution in [0.25, 0.3) is 0 Å². The Labute approximate surface area is 172 Å². The Hall–Kier alpha value is -3.50. The van der Waals surface area contributed by atoms with Gasteiger partial charge in [-0.2, -0.15) is 5.10 Å². The predicted octanol–water partition coefficient (Wildman–Crippen LogP) is 2.52. The van der Waals surface area contributed by atoms with E-state index in [0.29, 0.717) is 11.4 Å². The Bertz CT molecular complexity index is 1040. The van der Waals surface area contributed by atoms with E-state index >= 15 is 0 Å². The van der Waals surface area contributed by atoms with Crippen LogP contribution in [0.1, 0.15) is 21.9 Å². The van der Waals surface area contributed by atoms with Crippen LogP contribution in [0.2, 0.25) is 0 Å². The zero-order chi connectivity index (χ0) is 20.9. The van der Waals surface area contributed by atoms with Gasteiger partial charge in [0.2, 0.25) is 0 Å². The molecular weight excluding hydrogens is 390 g/mol. The van der Waals surface area contributed by atoms with E-state index < -0.39 is 4.92 Å². The van der Waals surface area contributed by atoms with Crippen LogP contribution in [0.5, 0.6) is 0 Å². The molecule has 0 aliphatic carbocycles. The third kappa shape index (κ3) is 4.91. The van der Waals surface area contributed by atoms with Crippen LogP contribution >= 0.6 is 0 Å². The molecule has 4 rings (SSSR count). The summed E-state index contributed by atoms with van der Waals surface area (Å²) in [5, 5.41) is 17.5. The molecule has 3 aromatic rings. The molecule has 0 atom stereocenters. The van der Waals surface area contributed by atoms with Crippen LogP contribution in [0.15, 0.2) is 53.2 Å². The number of benzene rings is 1. The first-order valence-electron chi connectivity index (χ1n) is 9.53. The van der Waals surface area contributed by atoms with Crippen molar-refractivity contribution in [2.24, 2.45) is 0 Å². The number of rotatable bonds is 7. The fourth-order valence-corrected chi connectivity index (χ4v) is 3.24. The van der Waals surface area contributed by atoms with E-state index in [1.807, 2.05) is 24.3 Å². The van der Waals surface area contributed by atoms with Crippen LogP contribution in [0, 0.1) is 10.1 Å². The number of nitrogens with one attached hydrogen (secondary N) is 1. The van der Waals surface area contributed by atoms with Crippen LogP contribution in [-0.4, -0.2) is 51.8 Å². The second-order valence-corrected chi connectivity index (χ2v) is 6.96. The third-order valence-electron chi connectivity index (χ3n) is 4.73. The quantitative estimate of drug-likeness (QED) is 0.469. The third-order valence-corrected chi connectivity index (χ3v) is 4.73. The Balaban J connectivity index is 1.37. The minimum absolute atomic E-state index is 0.100. The van der Waals surface area contributed by atoms with Gasteiger partial charge in [0.25, 0.3) is 5.91 Å². The van der Waals surface area contributed by atoms with Gasteiger partial charge in [0.15, 0.2) is 5.76 Å². The lowest BCUT2D eigenvalue weighted by Crippen LogP contribution is -2.35. The first kappa shape index (κ1) is 19.8. The highest BCUT2D eigenvalue weighted by molar-refractivity contribution is 6.02. The summed E-state index contributed by atoms with van der Waals surface area (Å²) in [6, 6.07) is 10.9. The molecule has 1 aromatic carbocycles. The molecule has 0 spiro atoms. The number of amides is 1. The normalized spacial score (nSPS) is 14.5. The van der Waals surface area contributed by atoms with Crippen molar-refractivity contribution < 1.29 is 18.9 Å². The van der Waals surface area contributed by atoms with E-state index in [0.717, 1.165) is 38.4 Å². The molecule has 0 saturated carbocycles. The number of hydrogen-bond donors (Lipinski definition) is 1. The van der Waals surface area contributed by atoms with E-state index in [9.17, 15) is 14.9 Å². The summed E-state index contributed by atoms with van der Waals surface area (Å²) in [7, 11) is 0. The Morgan fingerprint density at radius 2 is 2.03 bits per heavy atom. The second kappa shape index (κ2) is 8.89. The molecular formula is C20H21N5O5. The molecule has 1 saturated heterocycles. The first-order valence-corrected chi connectivity index (χ1v) is 9.53. The number of furan rings is 1. The molecule has 1 amide bonds. The summed E-state index contributed by atoms with van der Waals surface area (Å²) >= 11 is 0. The largest absolute Gasteiger partial charge is 0.454 e. The molecule has 10 nitrogen and oxygen atoms in total. The topological polar surface area (TPSA) is 116 Å². The Kier molecular flexibility index (Phi) is 5.87. The lowest BCUT2D eigenvalue weighted by Gasteiger charge is -2.26. The summed E-state index contributed by atoms with van der Waals surface area (Å²) < 4.78 is 12.3. The number of nitrogens with zero attached hydrogens (tertiary/aromatic N) is 4. The van der Waals surface area contributed by atoms with Crippen molar-refractivity contribution in [2.75, 3.05) is 31.6 Å². The molecule has 0 bridgehead atoms. The Morgan fingerprint density at radius 1 is 1.20 bits per heavy atom. The van der Waals surface area contributed by atoms with Gasteiger partial charge in [-0.15, -0.1) is 0 Å². The average molecular weight is 411 g/mol. The van der Waals surface area contributed by atoms with Crippen molar-refractivity contribution in [3.05, 3.63) is 76.0 Å². The number of ether oxygens (including phenoxy) is 1. The summed E-state index contributed by atoms with van der Waals surface area (Å²) in [6.45, 7) is 4.26. The number of morpholine rings is 1. The summed E-state index contributed by atoms with van der Waals surface area (Å²) in [6.07, 6.45) is 2.47. The monoisotopic (exact) mass is 411 g/mol. The van der Waals surface area contributed by atoms with Gasteiger partial charge in [0.05, 0.1) is 24.7 Å². The van der Waals surface area contributed by atoms with Gasteiger partial charge in [0, 0.05) is 25.3 Å². The fourth-order valence-electron chi connectivity index (χ4n) is 3.24. The molecule has 1 N–H and O–H groups in total. The molecule has 0 radical (unpaired) electrons. The van der Waals surface area contributed by atoms with Gasteiger partial charge < -0.3 is 14.5 Å². The maximum absolute atomic E-state index is 12.5. The van der Waals surface area contributed by atoms with Gasteiger partial charge in [-0.05, 0) is 29.8 Å². The minimum Gasteiger partial charge on any atom is -0.454 e. The lowest BCUT2D eigenvalue weighted by molar-refractivity contribution is -0.385. The number of anilines is 1. The van der Waals surface area contributed by atoms with E-state index in [-0.39, 0.29) is 23.9 Å². The van der Waals surface area contributed by atoms with Gasteiger partial charge in [0.1, 0.15) is 18.2 Å². The molecule has 1 fully saturated rings. The smallest absolute Gasteiger partial charge is 0.307 e. The maximum atomic E-state index is 12.5. The van der Waals surface area contributed by atoms with E-state index in [2.05, 4.69) is 15.3 Å². The van der Waals surface area contributed by atoms with Crippen molar-refractivity contribution in [1.29, 1.82) is 0 Å². The fraction of sp³-hybridized carbons (Fsp3) is 0.300. The predicted molar refractivity (Wildman–Crippen MR) is 107 cm³/mol. The second-order valence-electron chi connectivity index (χ2n) is 6.96. The molecule has 10 heteroatoms. The van der Waals surface area contributed by atoms with Gasteiger partial charge >= 0.3 is 5.69 Å². The summed E-state index contributed by atoms with van der Waals surface area (Å²) in [4.78, 5) is 25.1. The van der Waals surface area contributed by atoms with Gasteiger partial charge in [-0.25, -0.2) is 0 Å².